The standard InChI is InChI=1S/C18H34N2O/c1-8-15(12-14(2)3)19-17(18(4,5)6)20-11-9-10-16(20)13-21-7/h8,14-16H,1,9-13H2,2-7H3/t15-,16-/m0/s1. The molecule has 0 aromatic carbocycles. The zero-order chi connectivity index (χ0) is 16.0. The Morgan fingerprint density at radius 2 is 2.10 bits per heavy atom. The number of aliphatic imine (C=N–C) groups is 1. The summed E-state index contributed by atoms with van der Waals surface area (Å²) in [6, 6.07) is 0.681. The maximum absolute atomic E-state index is 5.40. The smallest absolute Gasteiger partial charge is 0.105 e. The average molecular weight is 294 g/mol. The second kappa shape index (κ2) is 7.98. The van der Waals surface area contributed by atoms with Gasteiger partial charge in [-0.25, -0.2) is 0 Å². The van der Waals surface area contributed by atoms with Crippen LogP contribution in [0.1, 0.15) is 53.9 Å². The Kier molecular flexibility index (Phi) is 6.92. The van der Waals surface area contributed by atoms with E-state index in [2.05, 4.69) is 46.1 Å². The number of hydrogen-bond donors (Lipinski definition) is 0. The molecule has 0 aromatic heterocycles. The predicted octanol–water partition coefficient (Wildman–Crippen LogP) is 4.14. The Bertz CT molecular complexity index is 355. The molecule has 1 rings (SSSR count). The van der Waals surface area contributed by atoms with Crippen LogP contribution in [-0.4, -0.2) is 43.1 Å². The molecule has 0 aliphatic carbocycles. The fourth-order valence-electron chi connectivity index (χ4n) is 3.02. The van der Waals surface area contributed by atoms with E-state index in [9.17, 15) is 0 Å². The Morgan fingerprint density at radius 3 is 2.57 bits per heavy atom. The normalized spacial score (nSPS) is 22.0. The Balaban J connectivity index is 3.02. The van der Waals surface area contributed by atoms with Gasteiger partial charge in [-0.05, 0) is 25.2 Å². The van der Waals surface area contributed by atoms with E-state index < -0.39 is 0 Å². The zero-order valence-corrected chi connectivity index (χ0v) is 14.9. The van der Waals surface area contributed by atoms with Gasteiger partial charge in [-0.2, -0.15) is 0 Å². The highest BCUT2D eigenvalue weighted by atomic mass is 16.5. The zero-order valence-electron chi connectivity index (χ0n) is 14.9. The van der Waals surface area contributed by atoms with Crippen molar-refractivity contribution in [3.63, 3.8) is 0 Å². The van der Waals surface area contributed by atoms with Gasteiger partial charge in [-0.1, -0.05) is 40.7 Å². The fraction of sp³-hybridized carbons (Fsp3) is 0.833. The summed E-state index contributed by atoms with van der Waals surface area (Å²) in [4.78, 5) is 7.56. The van der Waals surface area contributed by atoms with Crippen molar-refractivity contribution >= 4 is 5.84 Å². The van der Waals surface area contributed by atoms with Gasteiger partial charge in [-0.15, -0.1) is 6.58 Å². The first kappa shape index (κ1) is 18.2. The van der Waals surface area contributed by atoms with Gasteiger partial charge in [0.15, 0.2) is 0 Å². The highest BCUT2D eigenvalue weighted by molar-refractivity contribution is 5.88. The summed E-state index contributed by atoms with van der Waals surface area (Å²) >= 11 is 0. The van der Waals surface area contributed by atoms with Gasteiger partial charge in [0, 0.05) is 19.1 Å². The van der Waals surface area contributed by atoms with Gasteiger partial charge < -0.3 is 9.64 Å². The molecule has 3 heteroatoms. The first-order valence-corrected chi connectivity index (χ1v) is 8.26. The minimum absolute atomic E-state index is 0.0502. The molecule has 0 aromatic rings. The van der Waals surface area contributed by atoms with Gasteiger partial charge >= 0.3 is 0 Å². The second-order valence-corrected chi connectivity index (χ2v) is 7.58. The SMILES string of the molecule is C=C[C@@H](CC(C)C)N=C(N1CCC[C@H]1COC)C(C)(C)C. The van der Waals surface area contributed by atoms with E-state index in [1.54, 1.807) is 7.11 Å². The number of methoxy groups -OCH3 is 1. The summed E-state index contributed by atoms with van der Waals surface area (Å²) in [7, 11) is 1.79. The average Bonchev–Trinajstić information content (AvgIpc) is 2.80. The molecule has 122 valence electrons. The van der Waals surface area contributed by atoms with Gasteiger partial charge in [0.1, 0.15) is 5.84 Å². The third kappa shape index (κ3) is 5.46. The van der Waals surface area contributed by atoms with Gasteiger partial charge in [0.25, 0.3) is 0 Å². The monoisotopic (exact) mass is 294 g/mol. The number of ether oxygens (including phenoxy) is 1. The molecular weight excluding hydrogens is 260 g/mol. The van der Waals surface area contributed by atoms with E-state index in [0.717, 1.165) is 19.6 Å². The lowest BCUT2D eigenvalue weighted by molar-refractivity contribution is 0.141. The van der Waals surface area contributed by atoms with Crippen molar-refractivity contribution in [3.05, 3.63) is 12.7 Å². The third-order valence-corrected chi connectivity index (χ3v) is 3.95. The van der Waals surface area contributed by atoms with Crippen LogP contribution >= 0.6 is 0 Å². The quantitative estimate of drug-likeness (QED) is 0.418. The lowest BCUT2D eigenvalue weighted by atomic mass is 9.92. The van der Waals surface area contributed by atoms with Crippen LogP contribution in [-0.2, 0) is 4.74 Å². The minimum Gasteiger partial charge on any atom is -0.383 e. The van der Waals surface area contributed by atoms with Crippen molar-refractivity contribution in [2.75, 3.05) is 20.3 Å². The van der Waals surface area contributed by atoms with Gasteiger partial charge in [0.05, 0.1) is 18.7 Å². The van der Waals surface area contributed by atoms with Crippen LogP contribution in [0.4, 0.5) is 0 Å². The summed E-state index contributed by atoms with van der Waals surface area (Å²) in [5.41, 5.74) is 0.0502. The lowest BCUT2D eigenvalue weighted by Gasteiger charge is -2.35. The third-order valence-electron chi connectivity index (χ3n) is 3.95. The van der Waals surface area contributed by atoms with Crippen LogP contribution < -0.4 is 0 Å². The number of nitrogens with zero attached hydrogens (tertiary/aromatic N) is 2. The molecule has 1 fully saturated rings. The lowest BCUT2D eigenvalue weighted by Crippen LogP contribution is -2.45. The maximum Gasteiger partial charge on any atom is 0.105 e. The number of rotatable bonds is 6. The number of amidine groups is 1. The molecule has 0 bridgehead atoms. The van der Waals surface area contributed by atoms with Gasteiger partial charge in [0.2, 0.25) is 0 Å². The molecular formula is C18H34N2O. The van der Waals surface area contributed by atoms with Crippen molar-refractivity contribution in [2.24, 2.45) is 16.3 Å². The molecule has 2 atom stereocenters. The van der Waals surface area contributed by atoms with Crippen LogP contribution in [0.5, 0.6) is 0 Å². The molecule has 3 nitrogen and oxygen atoms in total. The maximum atomic E-state index is 5.40. The summed E-state index contributed by atoms with van der Waals surface area (Å²) in [5.74, 6) is 1.85. The highest BCUT2D eigenvalue weighted by Crippen LogP contribution is 2.28. The van der Waals surface area contributed by atoms with E-state index in [-0.39, 0.29) is 11.5 Å². The van der Waals surface area contributed by atoms with Crippen molar-refractivity contribution < 1.29 is 4.74 Å². The molecule has 21 heavy (non-hydrogen) atoms. The molecule has 0 saturated carbocycles. The number of hydrogen-bond acceptors (Lipinski definition) is 2. The molecule has 1 aliphatic heterocycles. The van der Waals surface area contributed by atoms with Crippen molar-refractivity contribution in [1.82, 2.24) is 4.90 Å². The molecule has 1 heterocycles. The van der Waals surface area contributed by atoms with Crippen molar-refractivity contribution in [3.8, 4) is 0 Å². The summed E-state index contributed by atoms with van der Waals surface area (Å²) < 4.78 is 5.40. The molecule has 0 amide bonds. The van der Waals surface area contributed by atoms with E-state index in [0.29, 0.717) is 12.0 Å². The molecule has 1 aliphatic rings. The Morgan fingerprint density at radius 1 is 1.43 bits per heavy atom. The molecule has 0 unspecified atom stereocenters. The van der Waals surface area contributed by atoms with Crippen LogP contribution in [0.3, 0.4) is 0 Å². The van der Waals surface area contributed by atoms with E-state index in [1.165, 1.54) is 18.7 Å². The van der Waals surface area contributed by atoms with Crippen LogP contribution in [0.15, 0.2) is 17.6 Å². The van der Waals surface area contributed by atoms with Crippen LogP contribution in [0.25, 0.3) is 0 Å². The second-order valence-electron chi connectivity index (χ2n) is 7.58. The van der Waals surface area contributed by atoms with E-state index in [1.807, 2.05) is 6.08 Å². The van der Waals surface area contributed by atoms with Crippen LogP contribution in [0, 0.1) is 11.3 Å². The summed E-state index contributed by atoms with van der Waals surface area (Å²) in [6.07, 6.45) is 5.48. The molecule has 0 N–H and O–H groups in total. The molecule has 1 saturated heterocycles. The Hall–Kier alpha value is -0.830. The highest BCUT2D eigenvalue weighted by Gasteiger charge is 2.33. The number of likely N-dealkylation sites (tertiary alicyclic amines) is 1. The Labute approximate surface area is 131 Å². The largest absolute Gasteiger partial charge is 0.383 e. The topological polar surface area (TPSA) is 24.8 Å². The van der Waals surface area contributed by atoms with Gasteiger partial charge in [-0.3, -0.25) is 4.99 Å². The first-order chi connectivity index (χ1) is 9.79. The molecule has 0 spiro atoms. The fourth-order valence-corrected chi connectivity index (χ4v) is 3.02. The minimum atomic E-state index is 0.0502. The summed E-state index contributed by atoms with van der Waals surface area (Å²) in [5, 5.41) is 0. The van der Waals surface area contributed by atoms with Crippen LogP contribution in [0.2, 0.25) is 0 Å². The van der Waals surface area contributed by atoms with Crippen molar-refractivity contribution in [1.29, 1.82) is 0 Å². The summed E-state index contributed by atoms with van der Waals surface area (Å²) in [6.45, 7) is 17.1. The van der Waals surface area contributed by atoms with Crippen molar-refractivity contribution in [2.45, 2.75) is 66.0 Å². The van der Waals surface area contributed by atoms with E-state index in [4.69, 9.17) is 9.73 Å². The predicted molar refractivity (Wildman–Crippen MR) is 91.9 cm³/mol. The first-order valence-electron chi connectivity index (χ1n) is 8.26. The van der Waals surface area contributed by atoms with E-state index >= 15 is 0 Å². The molecule has 0 radical (unpaired) electrons.